The van der Waals surface area contributed by atoms with Crippen molar-refractivity contribution < 1.29 is 0 Å². The molecule has 0 aliphatic rings. The van der Waals surface area contributed by atoms with Gasteiger partial charge in [0.1, 0.15) is 11.6 Å². The molecule has 1 aromatic rings. The predicted octanol–water partition coefficient (Wildman–Crippen LogP) is 1.43. The molecule has 0 aliphatic carbocycles. The van der Waals surface area contributed by atoms with Crippen LogP contribution in [0, 0.1) is 0 Å². The van der Waals surface area contributed by atoms with Gasteiger partial charge in [0, 0.05) is 12.8 Å². The van der Waals surface area contributed by atoms with Gasteiger partial charge in [-0.1, -0.05) is 19.8 Å². The Labute approximate surface area is 85.3 Å². The third kappa shape index (κ3) is 3.87. The molecule has 0 aliphatic heterocycles. The molecule has 0 aromatic carbocycles. The maximum absolute atomic E-state index is 5.41. The maximum atomic E-state index is 5.41. The summed E-state index contributed by atoms with van der Waals surface area (Å²) in [6.45, 7) is 2.87. The fourth-order valence-corrected chi connectivity index (χ4v) is 1.40. The van der Waals surface area contributed by atoms with Crippen LogP contribution < -0.4 is 5.73 Å². The second-order valence-corrected chi connectivity index (χ2v) is 3.50. The highest BCUT2D eigenvalue weighted by Crippen LogP contribution is 2.04. The summed E-state index contributed by atoms with van der Waals surface area (Å²) in [4.78, 5) is 4.36. The largest absolute Gasteiger partial charge is 0.330 e. The van der Waals surface area contributed by atoms with E-state index in [2.05, 4.69) is 22.1 Å². The van der Waals surface area contributed by atoms with Crippen LogP contribution in [-0.2, 0) is 12.8 Å². The van der Waals surface area contributed by atoms with E-state index in [4.69, 9.17) is 5.73 Å². The molecular weight excluding hydrogens is 176 g/mol. The van der Waals surface area contributed by atoms with Gasteiger partial charge in [0.15, 0.2) is 0 Å². The molecule has 1 aromatic heterocycles. The molecule has 14 heavy (non-hydrogen) atoms. The van der Waals surface area contributed by atoms with E-state index in [1.807, 2.05) is 0 Å². The Morgan fingerprint density at radius 2 is 2.00 bits per heavy atom. The van der Waals surface area contributed by atoms with E-state index in [0.717, 1.165) is 37.5 Å². The monoisotopic (exact) mass is 196 g/mol. The van der Waals surface area contributed by atoms with E-state index in [0.29, 0.717) is 0 Å². The summed E-state index contributed by atoms with van der Waals surface area (Å²) in [6.07, 6.45) is 6.70. The SMILES string of the molecule is CCc1n[nH]c(CCCCCCN)n1. The van der Waals surface area contributed by atoms with Crippen LogP contribution in [-0.4, -0.2) is 21.7 Å². The number of nitrogens with one attached hydrogen (secondary N) is 1. The van der Waals surface area contributed by atoms with Crippen LogP contribution in [0.4, 0.5) is 0 Å². The van der Waals surface area contributed by atoms with Crippen LogP contribution in [0.5, 0.6) is 0 Å². The van der Waals surface area contributed by atoms with Gasteiger partial charge >= 0.3 is 0 Å². The number of nitrogens with two attached hydrogens (primary N) is 1. The lowest BCUT2D eigenvalue weighted by atomic mass is 10.1. The molecule has 4 heteroatoms. The molecule has 80 valence electrons. The summed E-state index contributed by atoms with van der Waals surface area (Å²) in [5.74, 6) is 1.94. The van der Waals surface area contributed by atoms with Crippen molar-refractivity contribution in [3.63, 3.8) is 0 Å². The normalized spacial score (nSPS) is 10.7. The van der Waals surface area contributed by atoms with E-state index < -0.39 is 0 Å². The first-order valence-corrected chi connectivity index (χ1v) is 5.47. The third-order valence-corrected chi connectivity index (χ3v) is 2.26. The third-order valence-electron chi connectivity index (χ3n) is 2.26. The molecular formula is C10H20N4. The maximum Gasteiger partial charge on any atom is 0.150 e. The van der Waals surface area contributed by atoms with Crippen molar-refractivity contribution in [2.45, 2.75) is 45.4 Å². The topological polar surface area (TPSA) is 67.6 Å². The summed E-state index contributed by atoms with van der Waals surface area (Å²) in [5.41, 5.74) is 5.41. The molecule has 0 unspecified atom stereocenters. The van der Waals surface area contributed by atoms with Crippen molar-refractivity contribution >= 4 is 0 Å². The Morgan fingerprint density at radius 3 is 2.64 bits per heavy atom. The zero-order valence-electron chi connectivity index (χ0n) is 8.92. The highest BCUT2D eigenvalue weighted by Gasteiger charge is 2.00. The number of aromatic nitrogens is 3. The standard InChI is InChI=1S/C10H20N4/c1-2-9-12-10(14-13-9)7-5-3-4-6-8-11/h2-8,11H2,1H3,(H,12,13,14). The first-order valence-electron chi connectivity index (χ1n) is 5.47. The number of hydrogen-bond acceptors (Lipinski definition) is 3. The van der Waals surface area contributed by atoms with Gasteiger partial charge in [-0.25, -0.2) is 4.98 Å². The lowest BCUT2D eigenvalue weighted by Crippen LogP contribution is -1.98. The summed E-state index contributed by atoms with van der Waals surface area (Å²) < 4.78 is 0. The van der Waals surface area contributed by atoms with E-state index in [9.17, 15) is 0 Å². The fourth-order valence-electron chi connectivity index (χ4n) is 1.40. The molecule has 4 nitrogen and oxygen atoms in total. The van der Waals surface area contributed by atoms with Gasteiger partial charge in [-0.3, -0.25) is 5.10 Å². The highest BCUT2D eigenvalue weighted by molar-refractivity contribution is 4.89. The van der Waals surface area contributed by atoms with Crippen molar-refractivity contribution in [2.75, 3.05) is 6.54 Å². The molecule has 0 fully saturated rings. The number of aryl methyl sites for hydroxylation is 2. The molecule has 1 rings (SSSR count). The number of aromatic amines is 1. The number of nitrogens with zero attached hydrogens (tertiary/aromatic N) is 2. The second kappa shape index (κ2) is 6.54. The average molecular weight is 196 g/mol. The number of H-pyrrole nitrogens is 1. The van der Waals surface area contributed by atoms with Gasteiger partial charge in [0.25, 0.3) is 0 Å². The van der Waals surface area contributed by atoms with Gasteiger partial charge in [-0.05, 0) is 19.4 Å². The van der Waals surface area contributed by atoms with Gasteiger partial charge in [-0.2, -0.15) is 5.10 Å². The predicted molar refractivity (Wildman–Crippen MR) is 57.0 cm³/mol. The summed E-state index contributed by atoms with van der Waals surface area (Å²) in [6, 6.07) is 0. The molecule has 0 amide bonds. The van der Waals surface area contributed by atoms with Crippen LogP contribution in [0.3, 0.4) is 0 Å². The Bertz CT molecular complexity index is 244. The molecule has 1 heterocycles. The molecule has 0 spiro atoms. The lowest BCUT2D eigenvalue weighted by molar-refractivity contribution is 0.636. The summed E-state index contributed by atoms with van der Waals surface area (Å²) >= 11 is 0. The van der Waals surface area contributed by atoms with E-state index in [1.54, 1.807) is 0 Å². The van der Waals surface area contributed by atoms with Gasteiger partial charge in [-0.15, -0.1) is 0 Å². The quantitative estimate of drug-likeness (QED) is 0.648. The molecule has 0 atom stereocenters. The molecule has 0 saturated carbocycles. The minimum absolute atomic E-state index is 0.808. The minimum Gasteiger partial charge on any atom is -0.330 e. The Kier molecular flexibility index (Phi) is 5.22. The van der Waals surface area contributed by atoms with Crippen molar-refractivity contribution in [2.24, 2.45) is 5.73 Å². The van der Waals surface area contributed by atoms with Gasteiger partial charge < -0.3 is 5.73 Å². The zero-order valence-corrected chi connectivity index (χ0v) is 8.92. The van der Waals surface area contributed by atoms with E-state index in [-0.39, 0.29) is 0 Å². The molecule has 0 bridgehead atoms. The van der Waals surface area contributed by atoms with Crippen molar-refractivity contribution in [3.8, 4) is 0 Å². The zero-order chi connectivity index (χ0) is 10.2. The highest BCUT2D eigenvalue weighted by atomic mass is 15.2. The van der Waals surface area contributed by atoms with Gasteiger partial charge in [0.2, 0.25) is 0 Å². The van der Waals surface area contributed by atoms with Gasteiger partial charge in [0.05, 0.1) is 0 Å². The molecule has 0 saturated heterocycles. The fraction of sp³-hybridized carbons (Fsp3) is 0.800. The number of rotatable bonds is 7. The van der Waals surface area contributed by atoms with Crippen molar-refractivity contribution in [3.05, 3.63) is 11.6 Å². The Morgan fingerprint density at radius 1 is 1.21 bits per heavy atom. The van der Waals surface area contributed by atoms with Crippen LogP contribution >= 0.6 is 0 Å². The van der Waals surface area contributed by atoms with E-state index in [1.165, 1.54) is 19.3 Å². The summed E-state index contributed by atoms with van der Waals surface area (Å²) in [5, 5.41) is 7.06. The average Bonchev–Trinajstić information content (AvgIpc) is 2.65. The van der Waals surface area contributed by atoms with Crippen LogP contribution in [0.2, 0.25) is 0 Å². The number of hydrogen-bond donors (Lipinski definition) is 2. The smallest absolute Gasteiger partial charge is 0.150 e. The van der Waals surface area contributed by atoms with Crippen molar-refractivity contribution in [1.29, 1.82) is 0 Å². The molecule has 3 N–H and O–H groups in total. The van der Waals surface area contributed by atoms with E-state index >= 15 is 0 Å². The first-order chi connectivity index (χ1) is 6.86. The van der Waals surface area contributed by atoms with Crippen LogP contribution in [0.25, 0.3) is 0 Å². The lowest BCUT2D eigenvalue weighted by Gasteiger charge is -1.96. The Balaban J connectivity index is 2.12. The van der Waals surface area contributed by atoms with Crippen LogP contribution in [0.1, 0.15) is 44.3 Å². The molecule has 0 radical (unpaired) electrons. The second-order valence-electron chi connectivity index (χ2n) is 3.50. The summed E-state index contributed by atoms with van der Waals surface area (Å²) in [7, 11) is 0. The van der Waals surface area contributed by atoms with Crippen molar-refractivity contribution in [1.82, 2.24) is 15.2 Å². The Hall–Kier alpha value is -0.900. The minimum atomic E-state index is 0.808. The number of unbranched alkanes of at least 4 members (excludes halogenated alkanes) is 3. The van der Waals surface area contributed by atoms with Crippen LogP contribution in [0.15, 0.2) is 0 Å². The first kappa shape index (κ1) is 11.2.